The average Bonchev–Trinajstić information content (AvgIpc) is 2.33. The number of ether oxygens (including phenoxy) is 2. The Bertz CT molecular complexity index is 336. The van der Waals surface area contributed by atoms with Crippen LogP contribution in [0.25, 0.3) is 0 Å². The Morgan fingerprint density at radius 2 is 2.12 bits per heavy atom. The molecule has 0 saturated heterocycles. The van der Waals surface area contributed by atoms with Crippen molar-refractivity contribution in [2.45, 2.75) is 13.3 Å². The van der Waals surface area contributed by atoms with E-state index in [2.05, 4.69) is 0 Å². The summed E-state index contributed by atoms with van der Waals surface area (Å²) in [6.45, 7) is 2.72. The Kier molecular flexibility index (Phi) is 5.36. The summed E-state index contributed by atoms with van der Waals surface area (Å²) in [6, 6.07) is 5.03. The summed E-state index contributed by atoms with van der Waals surface area (Å²) in [5.74, 6) is 1.11. The molecule has 0 unspecified atom stereocenters. The van der Waals surface area contributed by atoms with Crippen LogP contribution in [0.3, 0.4) is 0 Å². The normalized spacial score (nSPS) is 9.88. The molecule has 0 amide bonds. The maximum Gasteiger partial charge on any atom is 0.153 e. The van der Waals surface area contributed by atoms with Crippen LogP contribution in [0.1, 0.15) is 23.7 Å². The first-order chi connectivity index (χ1) is 7.81. The number of carbonyl (C=O) groups excluding carboxylic acids is 1. The van der Waals surface area contributed by atoms with Crippen molar-refractivity contribution < 1.29 is 19.4 Å². The number of aldehydes is 1. The molecular weight excluding hydrogens is 208 g/mol. The van der Waals surface area contributed by atoms with Gasteiger partial charge in [-0.1, -0.05) is 6.92 Å². The molecule has 1 aromatic carbocycles. The lowest BCUT2D eigenvalue weighted by Crippen LogP contribution is -2.04. The second-order valence-corrected chi connectivity index (χ2v) is 3.24. The summed E-state index contributed by atoms with van der Waals surface area (Å²) >= 11 is 0. The Morgan fingerprint density at radius 1 is 1.31 bits per heavy atom. The Labute approximate surface area is 94.8 Å². The number of carbonyl (C=O) groups is 1. The molecule has 88 valence electrons. The van der Waals surface area contributed by atoms with Crippen molar-refractivity contribution in [2.75, 3.05) is 19.8 Å². The van der Waals surface area contributed by atoms with Crippen molar-refractivity contribution in [3.8, 4) is 11.5 Å². The molecule has 0 aliphatic rings. The van der Waals surface area contributed by atoms with Crippen molar-refractivity contribution in [2.24, 2.45) is 0 Å². The van der Waals surface area contributed by atoms with Crippen LogP contribution in [-0.4, -0.2) is 31.2 Å². The fourth-order valence-electron chi connectivity index (χ4n) is 1.20. The molecule has 0 bridgehead atoms. The topological polar surface area (TPSA) is 55.8 Å². The van der Waals surface area contributed by atoms with Gasteiger partial charge in [-0.25, -0.2) is 0 Å². The maximum atomic E-state index is 10.7. The van der Waals surface area contributed by atoms with Crippen molar-refractivity contribution in [3.05, 3.63) is 23.8 Å². The van der Waals surface area contributed by atoms with E-state index in [1.165, 1.54) is 0 Å². The Morgan fingerprint density at radius 3 is 2.75 bits per heavy atom. The molecular formula is C12H16O4. The third-order valence-electron chi connectivity index (χ3n) is 1.93. The van der Waals surface area contributed by atoms with Gasteiger partial charge in [-0.3, -0.25) is 4.79 Å². The smallest absolute Gasteiger partial charge is 0.153 e. The highest BCUT2D eigenvalue weighted by atomic mass is 16.5. The zero-order valence-corrected chi connectivity index (χ0v) is 9.31. The van der Waals surface area contributed by atoms with Crippen molar-refractivity contribution in [1.82, 2.24) is 0 Å². The molecule has 0 radical (unpaired) electrons. The Hall–Kier alpha value is -1.55. The predicted octanol–water partition coefficient (Wildman–Crippen LogP) is 1.66. The summed E-state index contributed by atoms with van der Waals surface area (Å²) in [6.07, 6.45) is 1.64. The van der Waals surface area contributed by atoms with Crippen LogP contribution in [0.5, 0.6) is 11.5 Å². The molecule has 0 aliphatic carbocycles. The van der Waals surface area contributed by atoms with E-state index in [-0.39, 0.29) is 13.2 Å². The van der Waals surface area contributed by atoms with E-state index in [9.17, 15) is 4.79 Å². The standard InChI is InChI=1S/C12H16O4/c1-2-6-15-11-4-3-10(9-14)12(8-11)16-7-5-13/h3-4,8-9,13H,2,5-7H2,1H3. The van der Waals surface area contributed by atoms with Crippen molar-refractivity contribution >= 4 is 6.29 Å². The van der Waals surface area contributed by atoms with Crippen LogP contribution >= 0.6 is 0 Å². The maximum absolute atomic E-state index is 10.7. The summed E-state index contributed by atoms with van der Waals surface area (Å²) in [7, 11) is 0. The average molecular weight is 224 g/mol. The summed E-state index contributed by atoms with van der Waals surface area (Å²) in [4.78, 5) is 10.7. The largest absolute Gasteiger partial charge is 0.493 e. The summed E-state index contributed by atoms with van der Waals surface area (Å²) in [5, 5.41) is 8.66. The number of aliphatic hydroxyl groups is 1. The minimum absolute atomic E-state index is 0.0850. The third-order valence-corrected chi connectivity index (χ3v) is 1.93. The molecule has 1 rings (SSSR count). The van der Waals surface area contributed by atoms with E-state index >= 15 is 0 Å². The molecule has 0 aliphatic heterocycles. The fraction of sp³-hybridized carbons (Fsp3) is 0.417. The minimum Gasteiger partial charge on any atom is -0.493 e. The molecule has 0 saturated carbocycles. The highest BCUT2D eigenvalue weighted by Crippen LogP contribution is 2.23. The van der Waals surface area contributed by atoms with Gasteiger partial charge in [-0.05, 0) is 18.6 Å². The zero-order valence-electron chi connectivity index (χ0n) is 9.31. The van der Waals surface area contributed by atoms with E-state index in [1.807, 2.05) is 6.92 Å². The molecule has 0 fully saturated rings. The van der Waals surface area contributed by atoms with Crippen molar-refractivity contribution in [3.63, 3.8) is 0 Å². The first kappa shape index (κ1) is 12.5. The summed E-state index contributed by atoms with van der Waals surface area (Å²) in [5.41, 5.74) is 0.456. The van der Waals surface area contributed by atoms with Gasteiger partial charge in [0.2, 0.25) is 0 Å². The second kappa shape index (κ2) is 6.85. The molecule has 16 heavy (non-hydrogen) atoms. The predicted molar refractivity (Wildman–Crippen MR) is 60.2 cm³/mol. The van der Waals surface area contributed by atoms with Crippen molar-refractivity contribution in [1.29, 1.82) is 0 Å². The molecule has 1 N–H and O–H groups in total. The van der Waals surface area contributed by atoms with E-state index in [0.29, 0.717) is 23.7 Å². The van der Waals surface area contributed by atoms with Gasteiger partial charge in [0.15, 0.2) is 6.29 Å². The first-order valence-electron chi connectivity index (χ1n) is 5.27. The minimum atomic E-state index is -0.0850. The van der Waals surface area contributed by atoms with Crippen LogP contribution in [0, 0.1) is 0 Å². The zero-order chi connectivity index (χ0) is 11.8. The fourth-order valence-corrected chi connectivity index (χ4v) is 1.20. The van der Waals surface area contributed by atoms with Gasteiger partial charge in [0.05, 0.1) is 18.8 Å². The highest BCUT2D eigenvalue weighted by molar-refractivity contribution is 5.79. The van der Waals surface area contributed by atoms with E-state index < -0.39 is 0 Å². The monoisotopic (exact) mass is 224 g/mol. The lowest BCUT2D eigenvalue weighted by molar-refractivity contribution is 0.111. The summed E-state index contributed by atoms with van der Waals surface area (Å²) < 4.78 is 10.7. The van der Waals surface area contributed by atoms with Crippen LogP contribution in [0.4, 0.5) is 0 Å². The molecule has 0 aromatic heterocycles. The number of hydrogen-bond acceptors (Lipinski definition) is 4. The number of aliphatic hydroxyl groups excluding tert-OH is 1. The molecule has 4 heteroatoms. The highest BCUT2D eigenvalue weighted by Gasteiger charge is 2.05. The van der Waals surface area contributed by atoms with Crippen LogP contribution < -0.4 is 9.47 Å². The molecule has 4 nitrogen and oxygen atoms in total. The van der Waals surface area contributed by atoms with E-state index in [4.69, 9.17) is 14.6 Å². The van der Waals surface area contributed by atoms with Gasteiger partial charge in [0.1, 0.15) is 18.1 Å². The van der Waals surface area contributed by atoms with E-state index in [1.54, 1.807) is 18.2 Å². The molecule has 0 spiro atoms. The number of benzene rings is 1. The van der Waals surface area contributed by atoms with Crippen LogP contribution in [0.15, 0.2) is 18.2 Å². The molecule has 1 aromatic rings. The van der Waals surface area contributed by atoms with Crippen LogP contribution in [0.2, 0.25) is 0 Å². The first-order valence-corrected chi connectivity index (χ1v) is 5.27. The quantitative estimate of drug-likeness (QED) is 0.716. The second-order valence-electron chi connectivity index (χ2n) is 3.24. The van der Waals surface area contributed by atoms with Gasteiger partial charge in [-0.2, -0.15) is 0 Å². The van der Waals surface area contributed by atoms with Gasteiger partial charge in [0, 0.05) is 6.07 Å². The Balaban J connectivity index is 2.78. The third kappa shape index (κ3) is 3.55. The number of hydrogen-bond donors (Lipinski definition) is 1. The van der Waals surface area contributed by atoms with Gasteiger partial charge in [0.25, 0.3) is 0 Å². The SMILES string of the molecule is CCCOc1ccc(C=O)c(OCCO)c1. The van der Waals surface area contributed by atoms with Gasteiger partial charge in [-0.15, -0.1) is 0 Å². The lowest BCUT2D eigenvalue weighted by atomic mass is 10.2. The van der Waals surface area contributed by atoms with Gasteiger partial charge >= 0.3 is 0 Å². The molecule has 0 heterocycles. The lowest BCUT2D eigenvalue weighted by Gasteiger charge is -2.10. The number of rotatable bonds is 7. The van der Waals surface area contributed by atoms with Gasteiger partial charge < -0.3 is 14.6 Å². The van der Waals surface area contributed by atoms with E-state index in [0.717, 1.165) is 12.7 Å². The molecule has 0 atom stereocenters. The van der Waals surface area contributed by atoms with Crippen LogP contribution in [-0.2, 0) is 0 Å².